The Kier molecular flexibility index (Phi) is 12.8. The lowest BCUT2D eigenvalue weighted by Crippen LogP contribution is -2.31. The number of carbonyl (C=O) groups is 2. The lowest BCUT2D eigenvalue weighted by molar-refractivity contribution is -0.436. The van der Waals surface area contributed by atoms with Crippen molar-refractivity contribution in [2.75, 3.05) is 24.5 Å². The Morgan fingerprint density at radius 3 is 1.96 bits per heavy atom. The molecule has 46 heavy (non-hydrogen) atoms. The average molecular weight is 628 g/mol. The first-order chi connectivity index (χ1) is 22.2. The molecule has 4 rings (SSSR count). The van der Waals surface area contributed by atoms with Gasteiger partial charge < -0.3 is 15.1 Å². The fourth-order valence-corrected chi connectivity index (χ4v) is 6.88. The number of para-hydroxylation sites is 1. The molecule has 1 heterocycles. The zero-order chi connectivity index (χ0) is 33.1. The Balaban J connectivity index is 1.52. The van der Waals surface area contributed by atoms with Gasteiger partial charge in [-0.3, -0.25) is 9.59 Å². The first-order valence-corrected chi connectivity index (χ1v) is 17.7. The van der Waals surface area contributed by atoms with Crippen molar-refractivity contribution in [3.63, 3.8) is 0 Å². The number of unbranched alkanes of at least 4 members (excludes halogenated alkanes) is 10. The largest absolute Gasteiger partial charge is 0.506 e. The molecule has 2 N–H and O–H groups in total. The van der Waals surface area contributed by atoms with Crippen molar-refractivity contribution in [1.82, 2.24) is 0 Å². The quantitative estimate of drug-likeness (QED) is 0.0868. The Labute approximate surface area is 276 Å². The van der Waals surface area contributed by atoms with Crippen molar-refractivity contribution in [1.29, 1.82) is 0 Å². The fraction of sp³-hybridized carbons (Fsp3) is 0.525. The molecule has 1 aliphatic heterocycles. The highest BCUT2D eigenvalue weighted by atomic mass is 16.4. The number of carboxylic acid groups (broad SMARTS) is 1. The van der Waals surface area contributed by atoms with Crippen LogP contribution in [0.5, 0.6) is 0 Å². The molecule has 0 atom stereocenters. The third-order valence-electron chi connectivity index (χ3n) is 9.68. The molecule has 1 aliphatic carbocycles. The van der Waals surface area contributed by atoms with Crippen molar-refractivity contribution in [2.24, 2.45) is 0 Å². The summed E-state index contributed by atoms with van der Waals surface area (Å²) in [7, 11) is 0. The molecule has 2 aromatic rings. The highest BCUT2D eigenvalue weighted by Gasteiger charge is 2.46. The number of nitrogens with zero attached hydrogens (tertiary/aromatic N) is 2. The standard InChI is InChI=1S/C40H54N2O4/c1-5-7-9-11-13-17-26-41(27-18-14-12-10-8-6-2)31-23-21-30(22-24-31)37-38(45)32(39(37)46)29-35-40(3,4)33-19-15-16-20-34(33)42(35)28-25-36(43)44/h15-16,19-24,29H,5-14,17-18,25-28H2,1-4H3,(H-,43,44,45,46)/p+1. The number of allylic oxidation sites excluding steroid dienone is 3. The minimum atomic E-state index is -0.875. The smallest absolute Gasteiger partial charge is 0.309 e. The number of aliphatic hydroxyl groups excluding tert-OH is 1. The normalized spacial score (nSPS) is 16.3. The van der Waals surface area contributed by atoms with Crippen LogP contribution in [-0.2, 0) is 15.0 Å². The second kappa shape index (κ2) is 16.8. The third-order valence-corrected chi connectivity index (χ3v) is 9.68. The van der Waals surface area contributed by atoms with E-state index < -0.39 is 11.4 Å². The van der Waals surface area contributed by atoms with Gasteiger partial charge in [0, 0.05) is 36.5 Å². The van der Waals surface area contributed by atoms with Crippen LogP contribution in [0.15, 0.2) is 65.9 Å². The minimum Gasteiger partial charge on any atom is -0.506 e. The van der Waals surface area contributed by atoms with Crippen LogP contribution < -0.4 is 4.90 Å². The molecule has 0 aromatic heterocycles. The van der Waals surface area contributed by atoms with Gasteiger partial charge in [-0.05, 0) is 44.4 Å². The number of aliphatic hydroxyl groups is 1. The molecule has 0 unspecified atom stereocenters. The van der Waals surface area contributed by atoms with E-state index in [2.05, 4.69) is 44.7 Å². The number of carbonyl (C=O) groups excluding carboxylic acids is 1. The van der Waals surface area contributed by atoms with Crippen LogP contribution in [0.2, 0.25) is 0 Å². The number of carboxylic acids is 1. The molecule has 2 aromatic carbocycles. The first-order valence-electron chi connectivity index (χ1n) is 17.7. The molecule has 2 aliphatic rings. The number of fused-ring (bicyclic) bond motifs is 1. The molecule has 0 saturated heterocycles. The third kappa shape index (κ3) is 8.37. The van der Waals surface area contributed by atoms with Gasteiger partial charge in [0.1, 0.15) is 12.2 Å². The van der Waals surface area contributed by atoms with Crippen LogP contribution in [0, 0.1) is 0 Å². The number of anilines is 1. The lowest BCUT2D eigenvalue weighted by Gasteiger charge is -2.26. The number of ketones is 1. The van der Waals surface area contributed by atoms with Gasteiger partial charge in [-0.2, -0.15) is 4.58 Å². The van der Waals surface area contributed by atoms with E-state index in [0.29, 0.717) is 5.57 Å². The summed E-state index contributed by atoms with van der Waals surface area (Å²) in [5.41, 5.74) is 4.91. The summed E-state index contributed by atoms with van der Waals surface area (Å²) in [6.45, 7) is 11.0. The van der Waals surface area contributed by atoms with Gasteiger partial charge >= 0.3 is 5.97 Å². The van der Waals surface area contributed by atoms with E-state index in [-0.39, 0.29) is 30.1 Å². The van der Waals surface area contributed by atoms with Gasteiger partial charge in [-0.15, -0.1) is 0 Å². The monoisotopic (exact) mass is 627 g/mol. The van der Waals surface area contributed by atoms with E-state index in [1.807, 2.05) is 41.0 Å². The summed E-state index contributed by atoms with van der Waals surface area (Å²) in [6, 6.07) is 16.1. The molecule has 0 spiro atoms. The van der Waals surface area contributed by atoms with Crippen molar-refractivity contribution in [3.05, 3.63) is 77.1 Å². The first kappa shape index (κ1) is 35.2. The van der Waals surface area contributed by atoms with E-state index >= 15 is 0 Å². The Morgan fingerprint density at radius 1 is 0.826 bits per heavy atom. The number of rotatable bonds is 20. The van der Waals surface area contributed by atoms with Crippen LogP contribution in [-0.4, -0.2) is 51.9 Å². The Bertz CT molecular complexity index is 1430. The summed E-state index contributed by atoms with van der Waals surface area (Å²) in [6.07, 6.45) is 17.0. The predicted octanol–water partition coefficient (Wildman–Crippen LogP) is 9.54. The van der Waals surface area contributed by atoms with Gasteiger partial charge in [0.05, 0.1) is 16.6 Å². The molecular weight excluding hydrogens is 572 g/mol. The Hall–Kier alpha value is -3.67. The zero-order valence-electron chi connectivity index (χ0n) is 28.6. The second-order valence-electron chi connectivity index (χ2n) is 13.5. The topological polar surface area (TPSA) is 80.8 Å². The molecule has 0 bridgehead atoms. The van der Waals surface area contributed by atoms with E-state index in [9.17, 15) is 19.8 Å². The summed E-state index contributed by atoms with van der Waals surface area (Å²) >= 11 is 0. The molecule has 0 amide bonds. The lowest BCUT2D eigenvalue weighted by atomic mass is 9.77. The van der Waals surface area contributed by atoms with Crippen LogP contribution in [0.25, 0.3) is 5.57 Å². The number of Topliss-reactive ketones (excluding diaryl/α,β-unsaturated/α-hetero) is 1. The molecule has 0 radical (unpaired) electrons. The molecule has 0 fully saturated rings. The summed E-state index contributed by atoms with van der Waals surface area (Å²) in [4.78, 5) is 27.4. The molecule has 6 heteroatoms. The van der Waals surface area contributed by atoms with Crippen molar-refractivity contribution in [2.45, 2.75) is 117 Å². The highest BCUT2D eigenvalue weighted by molar-refractivity contribution is 6.40. The van der Waals surface area contributed by atoms with Crippen LogP contribution in [0.4, 0.5) is 11.4 Å². The summed E-state index contributed by atoms with van der Waals surface area (Å²) in [5.74, 6) is -1.05. The van der Waals surface area contributed by atoms with E-state index in [0.717, 1.165) is 35.6 Å². The van der Waals surface area contributed by atoms with Gasteiger partial charge in [0.2, 0.25) is 11.5 Å². The fourth-order valence-electron chi connectivity index (χ4n) is 6.88. The molecule has 0 saturated carbocycles. The number of aliphatic carboxylic acids is 1. The predicted molar refractivity (Wildman–Crippen MR) is 190 cm³/mol. The van der Waals surface area contributed by atoms with Crippen LogP contribution in [0.1, 0.15) is 122 Å². The van der Waals surface area contributed by atoms with E-state index in [1.54, 1.807) is 6.08 Å². The zero-order valence-corrected chi connectivity index (χ0v) is 28.6. The maximum absolute atomic E-state index is 13.5. The highest BCUT2D eigenvalue weighted by Crippen LogP contribution is 2.43. The summed E-state index contributed by atoms with van der Waals surface area (Å²) in [5, 5.41) is 20.6. The number of benzene rings is 2. The maximum Gasteiger partial charge on any atom is 0.309 e. The number of hydrogen-bond donors (Lipinski definition) is 2. The average Bonchev–Trinajstić information content (AvgIpc) is 3.26. The second-order valence-corrected chi connectivity index (χ2v) is 13.5. The molecular formula is C40H55N2O4+. The van der Waals surface area contributed by atoms with Crippen molar-refractivity contribution < 1.29 is 24.4 Å². The molecule has 248 valence electrons. The van der Waals surface area contributed by atoms with Gasteiger partial charge in [-0.1, -0.05) is 108 Å². The van der Waals surface area contributed by atoms with Gasteiger partial charge in [0.25, 0.3) is 0 Å². The van der Waals surface area contributed by atoms with Crippen LogP contribution in [0.3, 0.4) is 0 Å². The summed E-state index contributed by atoms with van der Waals surface area (Å²) < 4.78 is 1.98. The molecule has 6 nitrogen and oxygen atoms in total. The van der Waals surface area contributed by atoms with Crippen LogP contribution >= 0.6 is 0 Å². The van der Waals surface area contributed by atoms with Gasteiger partial charge in [0.15, 0.2) is 12.3 Å². The Morgan fingerprint density at radius 2 is 1.39 bits per heavy atom. The van der Waals surface area contributed by atoms with Crippen molar-refractivity contribution >= 4 is 34.4 Å². The minimum absolute atomic E-state index is 0.00575. The SMILES string of the molecule is CCCCCCCCN(CCCCCCCC)c1ccc(C2=C(O)C(=CC3=[N+](CCC(=O)O)c4ccccc4C3(C)C)C2=O)cc1. The van der Waals surface area contributed by atoms with Gasteiger partial charge in [-0.25, -0.2) is 0 Å². The van der Waals surface area contributed by atoms with E-state index in [1.165, 1.54) is 82.7 Å². The number of hydrogen-bond acceptors (Lipinski definition) is 4. The van der Waals surface area contributed by atoms with Crippen molar-refractivity contribution in [3.8, 4) is 0 Å². The van der Waals surface area contributed by atoms with E-state index in [4.69, 9.17) is 0 Å². The maximum atomic E-state index is 13.5.